The summed E-state index contributed by atoms with van der Waals surface area (Å²) < 4.78 is 1.32. The molecule has 1 aromatic heterocycles. The number of hydrogen-bond acceptors (Lipinski definition) is 3. The van der Waals surface area contributed by atoms with Gasteiger partial charge in [-0.15, -0.1) is 0 Å². The molecule has 0 radical (unpaired) electrons. The summed E-state index contributed by atoms with van der Waals surface area (Å²) in [6.07, 6.45) is 3.05. The molecule has 18 heavy (non-hydrogen) atoms. The Bertz CT molecular complexity index is 605. The van der Waals surface area contributed by atoms with E-state index in [4.69, 9.17) is 5.11 Å². The Balaban J connectivity index is 2.16. The van der Waals surface area contributed by atoms with Gasteiger partial charge in [-0.3, -0.25) is 4.57 Å². The molecule has 5 heteroatoms. The molecule has 2 rings (SSSR count). The third kappa shape index (κ3) is 2.82. The van der Waals surface area contributed by atoms with E-state index in [0.29, 0.717) is 13.0 Å². The van der Waals surface area contributed by atoms with Gasteiger partial charge in [0.25, 0.3) is 0 Å². The molecule has 0 fully saturated rings. The Labute approximate surface area is 103 Å². The molecule has 1 heterocycles. The third-order valence-electron chi connectivity index (χ3n) is 2.59. The first-order chi connectivity index (χ1) is 8.66. The van der Waals surface area contributed by atoms with Crippen LogP contribution in [0.2, 0.25) is 0 Å². The fourth-order valence-corrected chi connectivity index (χ4v) is 1.62. The van der Waals surface area contributed by atoms with E-state index in [2.05, 4.69) is 4.98 Å². The Morgan fingerprint density at radius 2 is 2.00 bits per heavy atom. The van der Waals surface area contributed by atoms with Crippen molar-refractivity contribution in [3.05, 3.63) is 64.3 Å². The lowest BCUT2D eigenvalue weighted by Gasteiger charge is -2.05. The van der Waals surface area contributed by atoms with Crippen LogP contribution in [0.15, 0.2) is 47.5 Å². The van der Waals surface area contributed by atoms with Crippen LogP contribution in [0.25, 0.3) is 0 Å². The molecule has 0 aliphatic heterocycles. The molecule has 0 amide bonds. The number of nitrogens with zero attached hydrogens (tertiary/aromatic N) is 2. The first-order valence-electron chi connectivity index (χ1n) is 5.50. The predicted octanol–water partition coefficient (Wildman–Crippen LogP) is 1.18. The van der Waals surface area contributed by atoms with E-state index in [1.54, 1.807) is 0 Å². The lowest BCUT2D eigenvalue weighted by Crippen LogP contribution is -2.24. The fourth-order valence-electron chi connectivity index (χ4n) is 1.62. The Hall–Kier alpha value is -2.43. The summed E-state index contributed by atoms with van der Waals surface area (Å²) in [6, 6.07) is 9.68. The van der Waals surface area contributed by atoms with Crippen molar-refractivity contribution in [2.24, 2.45) is 0 Å². The summed E-state index contributed by atoms with van der Waals surface area (Å²) >= 11 is 0. The number of carbonyl (C=O) groups is 1. The molecule has 0 saturated heterocycles. The van der Waals surface area contributed by atoms with Crippen LogP contribution in [-0.4, -0.2) is 20.6 Å². The second-order valence-electron chi connectivity index (χ2n) is 3.86. The molecule has 0 aliphatic rings. The van der Waals surface area contributed by atoms with Gasteiger partial charge in [-0.2, -0.15) is 0 Å². The number of aryl methyl sites for hydroxylation is 2. The van der Waals surface area contributed by atoms with Crippen LogP contribution in [0.3, 0.4) is 0 Å². The number of carboxylic acids is 1. The normalized spacial score (nSPS) is 10.2. The minimum Gasteiger partial charge on any atom is -0.478 e. The van der Waals surface area contributed by atoms with E-state index in [1.165, 1.54) is 10.8 Å². The minimum absolute atomic E-state index is 0.0164. The largest absolute Gasteiger partial charge is 0.478 e. The van der Waals surface area contributed by atoms with Gasteiger partial charge < -0.3 is 5.11 Å². The van der Waals surface area contributed by atoms with E-state index in [0.717, 1.165) is 11.8 Å². The number of benzene rings is 1. The molecule has 0 spiro atoms. The van der Waals surface area contributed by atoms with Crippen molar-refractivity contribution in [1.82, 2.24) is 9.55 Å². The lowest BCUT2D eigenvalue weighted by molar-refractivity contribution is 0.0695. The SMILES string of the molecule is O=C(O)c1cnc(=O)n(CCc2ccccc2)c1. The van der Waals surface area contributed by atoms with Crippen LogP contribution in [-0.2, 0) is 13.0 Å². The molecule has 1 aromatic carbocycles. The van der Waals surface area contributed by atoms with Gasteiger partial charge in [0, 0.05) is 18.9 Å². The van der Waals surface area contributed by atoms with Crippen molar-refractivity contribution in [3.8, 4) is 0 Å². The number of rotatable bonds is 4. The highest BCUT2D eigenvalue weighted by molar-refractivity contribution is 5.86. The molecule has 1 N–H and O–H groups in total. The van der Waals surface area contributed by atoms with Gasteiger partial charge >= 0.3 is 11.7 Å². The van der Waals surface area contributed by atoms with Gasteiger partial charge in [-0.05, 0) is 12.0 Å². The number of aromatic carboxylic acids is 1. The number of hydrogen-bond donors (Lipinski definition) is 1. The summed E-state index contributed by atoms with van der Waals surface area (Å²) in [5, 5.41) is 8.83. The third-order valence-corrected chi connectivity index (χ3v) is 2.59. The van der Waals surface area contributed by atoms with E-state index in [9.17, 15) is 9.59 Å². The average Bonchev–Trinajstić information content (AvgIpc) is 2.38. The zero-order valence-corrected chi connectivity index (χ0v) is 9.61. The van der Waals surface area contributed by atoms with Crippen LogP contribution in [0.5, 0.6) is 0 Å². The van der Waals surface area contributed by atoms with Gasteiger partial charge in [0.15, 0.2) is 0 Å². The summed E-state index contributed by atoms with van der Waals surface area (Å²) in [6.45, 7) is 0.414. The summed E-state index contributed by atoms with van der Waals surface area (Å²) in [5.74, 6) is -1.09. The second-order valence-corrected chi connectivity index (χ2v) is 3.86. The molecular formula is C13H12N2O3. The second kappa shape index (κ2) is 5.27. The highest BCUT2D eigenvalue weighted by Gasteiger charge is 2.06. The van der Waals surface area contributed by atoms with E-state index in [-0.39, 0.29) is 5.56 Å². The minimum atomic E-state index is -1.09. The van der Waals surface area contributed by atoms with Crippen LogP contribution < -0.4 is 5.69 Å². The summed E-state index contributed by atoms with van der Waals surface area (Å²) in [7, 11) is 0. The molecule has 0 atom stereocenters. The standard InChI is InChI=1S/C13H12N2O3/c16-12(17)11-8-14-13(18)15(9-11)7-6-10-4-2-1-3-5-10/h1-5,8-9H,6-7H2,(H,16,17). The van der Waals surface area contributed by atoms with Gasteiger partial charge in [0.05, 0.1) is 5.56 Å². The highest BCUT2D eigenvalue weighted by Crippen LogP contribution is 2.01. The zero-order chi connectivity index (χ0) is 13.0. The van der Waals surface area contributed by atoms with Crippen molar-refractivity contribution in [2.45, 2.75) is 13.0 Å². The van der Waals surface area contributed by atoms with Crippen LogP contribution in [0.1, 0.15) is 15.9 Å². The maximum atomic E-state index is 11.5. The Morgan fingerprint density at radius 1 is 1.28 bits per heavy atom. The predicted molar refractivity (Wildman–Crippen MR) is 65.6 cm³/mol. The lowest BCUT2D eigenvalue weighted by atomic mass is 10.1. The van der Waals surface area contributed by atoms with Gasteiger partial charge in [-0.25, -0.2) is 14.6 Å². The molecule has 0 saturated carbocycles. The van der Waals surface area contributed by atoms with E-state index in [1.807, 2.05) is 30.3 Å². The first kappa shape index (κ1) is 12.0. The molecule has 2 aromatic rings. The smallest absolute Gasteiger partial charge is 0.347 e. The maximum absolute atomic E-state index is 11.5. The van der Waals surface area contributed by atoms with Crippen LogP contribution in [0, 0.1) is 0 Å². The van der Waals surface area contributed by atoms with Crippen LogP contribution in [0.4, 0.5) is 0 Å². The van der Waals surface area contributed by atoms with Gasteiger partial charge in [0.2, 0.25) is 0 Å². The van der Waals surface area contributed by atoms with Crippen molar-refractivity contribution in [1.29, 1.82) is 0 Å². The molecule has 0 aliphatic carbocycles. The van der Waals surface area contributed by atoms with Gasteiger partial charge in [0.1, 0.15) is 0 Å². The topological polar surface area (TPSA) is 72.2 Å². The molecule has 5 nitrogen and oxygen atoms in total. The maximum Gasteiger partial charge on any atom is 0.347 e. The first-order valence-corrected chi connectivity index (χ1v) is 5.50. The van der Waals surface area contributed by atoms with Crippen molar-refractivity contribution in [2.75, 3.05) is 0 Å². The summed E-state index contributed by atoms with van der Waals surface area (Å²) in [5.41, 5.74) is 0.670. The van der Waals surface area contributed by atoms with E-state index >= 15 is 0 Å². The highest BCUT2D eigenvalue weighted by atomic mass is 16.4. The van der Waals surface area contributed by atoms with Crippen molar-refractivity contribution >= 4 is 5.97 Å². The number of aromatic nitrogens is 2. The number of carboxylic acid groups (broad SMARTS) is 1. The zero-order valence-electron chi connectivity index (χ0n) is 9.61. The van der Waals surface area contributed by atoms with Gasteiger partial charge in [-0.1, -0.05) is 30.3 Å². The Kier molecular flexibility index (Phi) is 3.52. The summed E-state index contributed by atoms with van der Waals surface area (Å²) in [4.78, 5) is 25.8. The average molecular weight is 244 g/mol. The molecule has 0 bridgehead atoms. The van der Waals surface area contributed by atoms with E-state index < -0.39 is 11.7 Å². The monoisotopic (exact) mass is 244 g/mol. The molecule has 92 valence electrons. The quantitative estimate of drug-likeness (QED) is 0.876. The van der Waals surface area contributed by atoms with Crippen molar-refractivity contribution < 1.29 is 9.90 Å². The fraction of sp³-hybridized carbons (Fsp3) is 0.154. The van der Waals surface area contributed by atoms with Crippen molar-refractivity contribution in [3.63, 3.8) is 0 Å². The molecule has 0 unspecified atom stereocenters. The molecular weight excluding hydrogens is 232 g/mol. The Morgan fingerprint density at radius 3 is 2.67 bits per heavy atom. The van der Waals surface area contributed by atoms with Crippen LogP contribution >= 0.6 is 0 Å².